The molecule has 0 bridgehead atoms. The molecule has 27 heavy (non-hydrogen) atoms. The number of hydrogen-bond acceptors (Lipinski definition) is 4. The Morgan fingerprint density at radius 1 is 1.15 bits per heavy atom. The van der Waals surface area contributed by atoms with Crippen molar-refractivity contribution in [2.75, 3.05) is 19.7 Å². The molecule has 1 saturated heterocycles. The van der Waals surface area contributed by atoms with Crippen molar-refractivity contribution in [3.05, 3.63) is 34.9 Å². The maximum Gasteiger partial charge on any atom is 0.317 e. The number of esters is 1. The number of hydrogen-bond donors (Lipinski definition) is 1. The summed E-state index contributed by atoms with van der Waals surface area (Å²) in [5.74, 6) is -1.36. The van der Waals surface area contributed by atoms with E-state index in [-0.39, 0.29) is 24.4 Å². The second-order valence-corrected chi connectivity index (χ2v) is 7.89. The number of primary amides is 1. The van der Waals surface area contributed by atoms with E-state index in [0.717, 1.165) is 24.8 Å². The van der Waals surface area contributed by atoms with Gasteiger partial charge in [0.05, 0.1) is 11.3 Å². The summed E-state index contributed by atoms with van der Waals surface area (Å²) in [5, 5.41) is 0.615. The summed E-state index contributed by atoms with van der Waals surface area (Å²) in [6.45, 7) is 0.552. The molecule has 2 fully saturated rings. The molecule has 2 N–H and O–H groups in total. The van der Waals surface area contributed by atoms with E-state index in [1.165, 1.54) is 0 Å². The molecule has 1 saturated carbocycles. The summed E-state index contributed by atoms with van der Waals surface area (Å²) in [4.78, 5) is 38.3. The van der Waals surface area contributed by atoms with E-state index in [0.29, 0.717) is 37.4 Å². The first kappa shape index (κ1) is 19.7. The number of benzene rings is 1. The average Bonchev–Trinajstić information content (AvgIpc) is 3.17. The van der Waals surface area contributed by atoms with Crippen LogP contribution in [0.25, 0.3) is 0 Å². The molecule has 1 aliphatic heterocycles. The van der Waals surface area contributed by atoms with Crippen LogP contribution in [0, 0.1) is 5.92 Å². The van der Waals surface area contributed by atoms with Crippen LogP contribution in [0.2, 0.25) is 5.02 Å². The van der Waals surface area contributed by atoms with E-state index in [4.69, 9.17) is 22.1 Å². The Morgan fingerprint density at radius 3 is 2.44 bits per heavy atom. The quantitative estimate of drug-likeness (QED) is 0.779. The van der Waals surface area contributed by atoms with Crippen LogP contribution in [0.3, 0.4) is 0 Å². The van der Waals surface area contributed by atoms with Gasteiger partial charge < -0.3 is 15.4 Å². The van der Waals surface area contributed by atoms with Gasteiger partial charge in [0.15, 0.2) is 6.61 Å². The van der Waals surface area contributed by atoms with Gasteiger partial charge in [-0.2, -0.15) is 0 Å². The third-order valence-electron chi connectivity index (χ3n) is 5.75. The van der Waals surface area contributed by atoms with Crippen LogP contribution in [0.15, 0.2) is 24.3 Å². The van der Waals surface area contributed by atoms with Gasteiger partial charge in [-0.1, -0.05) is 36.6 Å². The normalized spacial score (nSPS) is 21.7. The van der Waals surface area contributed by atoms with Crippen molar-refractivity contribution in [1.29, 1.82) is 0 Å². The molecule has 0 aromatic heterocycles. The Morgan fingerprint density at radius 2 is 1.81 bits per heavy atom. The van der Waals surface area contributed by atoms with Crippen molar-refractivity contribution in [1.82, 2.24) is 4.90 Å². The number of piperidine rings is 1. The first-order chi connectivity index (χ1) is 12.9. The lowest BCUT2D eigenvalue weighted by molar-refractivity contribution is -0.158. The van der Waals surface area contributed by atoms with Gasteiger partial charge in [0.25, 0.3) is 5.91 Å². The van der Waals surface area contributed by atoms with Gasteiger partial charge in [-0.15, -0.1) is 0 Å². The third kappa shape index (κ3) is 4.26. The predicted molar refractivity (Wildman–Crippen MR) is 101 cm³/mol. The summed E-state index contributed by atoms with van der Waals surface area (Å²) >= 11 is 5.97. The number of ether oxygens (including phenoxy) is 1. The first-order valence-electron chi connectivity index (χ1n) is 9.43. The number of halogens is 1. The molecular weight excluding hydrogens is 368 g/mol. The van der Waals surface area contributed by atoms with Gasteiger partial charge >= 0.3 is 5.97 Å². The minimum atomic E-state index is -0.706. The number of nitrogens with zero attached hydrogens (tertiary/aromatic N) is 1. The van der Waals surface area contributed by atoms with E-state index >= 15 is 0 Å². The summed E-state index contributed by atoms with van der Waals surface area (Å²) in [5.41, 5.74) is 5.53. The second kappa shape index (κ2) is 8.30. The van der Waals surface area contributed by atoms with Gasteiger partial charge in [0.2, 0.25) is 5.91 Å². The molecule has 146 valence electrons. The number of rotatable bonds is 5. The zero-order valence-corrected chi connectivity index (χ0v) is 16.0. The molecule has 0 radical (unpaired) electrons. The number of amides is 2. The average molecular weight is 393 g/mol. The molecule has 2 aliphatic rings. The highest BCUT2D eigenvalue weighted by molar-refractivity contribution is 6.30. The van der Waals surface area contributed by atoms with Crippen LogP contribution < -0.4 is 5.73 Å². The largest absolute Gasteiger partial charge is 0.455 e. The number of carbonyl (C=O) groups excluding carboxylic acids is 3. The van der Waals surface area contributed by atoms with E-state index in [1.807, 2.05) is 12.1 Å². The van der Waals surface area contributed by atoms with E-state index in [9.17, 15) is 14.4 Å². The lowest BCUT2D eigenvalue weighted by Gasteiger charge is -2.32. The molecule has 1 aliphatic carbocycles. The van der Waals surface area contributed by atoms with Crippen molar-refractivity contribution in [2.24, 2.45) is 11.7 Å². The van der Waals surface area contributed by atoms with Crippen LogP contribution in [0.4, 0.5) is 0 Å². The van der Waals surface area contributed by atoms with Crippen molar-refractivity contribution < 1.29 is 19.1 Å². The molecule has 1 atom stereocenters. The molecule has 1 heterocycles. The van der Waals surface area contributed by atoms with E-state index in [1.54, 1.807) is 17.0 Å². The van der Waals surface area contributed by atoms with Crippen molar-refractivity contribution in [2.45, 2.75) is 43.9 Å². The smallest absolute Gasteiger partial charge is 0.317 e. The summed E-state index contributed by atoms with van der Waals surface area (Å²) < 4.78 is 5.45. The third-order valence-corrected chi connectivity index (χ3v) is 6.00. The van der Waals surface area contributed by atoms with Crippen LogP contribution in [0.1, 0.15) is 44.1 Å². The summed E-state index contributed by atoms with van der Waals surface area (Å²) in [7, 11) is 0. The Labute approximate surface area is 164 Å². The molecule has 1 aromatic rings. The predicted octanol–water partition coefficient (Wildman–Crippen LogP) is 2.42. The van der Waals surface area contributed by atoms with Crippen LogP contribution >= 0.6 is 11.6 Å². The highest BCUT2D eigenvalue weighted by Crippen LogP contribution is 2.42. The van der Waals surface area contributed by atoms with Gasteiger partial charge in [-0.05, 0) is 43.4 Å². The standard InChI is InChI=1S/C20H25ClN2O4/c21-16-7-5-15(6-8-16)20(9-1-2-10-20)19(26)27-13-17(24)23-11-3-4-14(12-23)18(22)25/h5-8,14H,1-4,9-13H2,(H2,22,25)/t14-/m1/s1. The molecule has 1 aromatic carbocycles. The molecule has 0 spiro atoms. The van der Waals surface area contributed by atoms with Crippen LogP contribution in [-0.2, 0) is 24.5 Å². The number of likely N-dealkylation sites (tertiary alicyclic amines) is 1. The van der Waals surface area contributed by atoms with Crippen molar-refractivity contribution >= 4 is 29.4 Å². The molecule has 3 rings (SSSR count). The lowest BCUT2D eigenvalue weighted by Crippen LogP contribution is -2.46. The Balaban J connectivity index is 1.64. The fourth-order valence-electron chi connectivity index (χ4n) is 4.15. The Hall–Kier alpha value is -2.08. The summed E-state index contributed by atoms with van der Waals surface area (Å²) in [6, 6.07) is 7.26. The minimum Gasteiger partial charge on any atom is -0.455 e. The molecule has 0 unspecified atom stereocenters. The zero-order chi connectivity index (χ0) is 19.4. The molecular formula is C20H25ClN2O4. The van der Waals surface area contributed by atoms with Gasteiger partial charge in [-0.25, -0.2) is 0 Å². The number of carbonyl (C=O) groups is 3. The van der Waals surface area contributed by atoms with Crippen molar-refractivity contribution in [3.63, 3.8) is 0 Å². The number of nitrogens with two attached hydrogens (primary N) is 1. The fraction of sp³-hybridized carbons (Fsp3) is 0.550. The monoisotopic (exact) mass is 392 g/mol. The molecule has 6 nitrogen and oxygen atoms in total. The van der Waals surface area contributed by atoms with Crippen molar-refractivity contribution in [3.8, 4) is 0 Å². The molecule has 7 heteroatoms. The SMILES string of the molecule is NC(=O)[C@@H]1CCCN(C(=O)COC(=O)C2(c3ccc(Cl)cc3)CCCC2)C1. The van der Waals surface area contributed by atoms with E-state index in [2.05, 4.69) is 0 Å². The highest BCUT2D eigenvalue weighted by atomic mass is 35.5. The maximum atomic E-state index is 12.9. The van der Waals surface area contributed by atoms with E-state index < -0.39 is 11.3 Å². The Bertz CT molecular complexity index is 713. The van der Waals surface area contributed by atoms with Crippen LogP contribution in [-0.4, -0.2) is 42.4 Å². The maximum absolute atomic E-state index is 12.9. The fourth-order valence-corrected chi connectivity index (χ4v) is 4.28. The van der Waals surface area contributed by atoms with Gasteiger partial charge in [0.1, 0.15) is 0 Å². The zero-order valence-electron chi connectivity index (χ0n) is 15.3. The lowest BCUT2D eigenvalue weighted by atomic mass is 9.79. The Kier molecular flexibility index (Phi) is 6.05. The second-order valence-electron chi connectivity index (χ2n) is 7.45. The van der Waals surface area contributed by atoms with Crippen LogP contribution in [0.5, 0.6) is 0 Å². The minimum absolute atomic E-state index is 0.279. The highest BCUT2D eigenvalue weighted by Gasteiger charge is 2.44. The first-order valence-corrected chi connectivity index (χ1v) is 9.80. The molecule has 2 amide bonds. The van der Waals surface area contributed by atoms with Gasteiger partial charge in [-0.3, -0.25) is 14.4 Å². The summed E-state index contributed by atoms with van der Waals surface area (Å²) in [6.07, 6.45) is 4.71. The topological polar surface area (TPSA) is 89.7 Å². The van der Waals surface area contributed by atoms with Gasteiger partial charge in [0, 0.05) is 18.1 Å².